The van der Waals surface area contributed by atoms with Crippen molar-refractivity contribution in [1.82, 2.24) is 0 Å². The van der Waals surface area contributed by atoms with Crippen LogP contribution in [0.1, 0.15) is 44.9 Å². The molecule has 0 saturated carbocycles. The molecule has 1 aromatic carbocycles. The molecule has 0 fully saturated rings. The van der Waals surface area contributed by atoms with Crippen LogP contribution in [0.25, 0.3) is 0 Å². The molecule has 10 heteroatoms. The fraction of sp³-hybridized carbons (Fsp3) is 0.562. The molecule has 0 bridgehead atoms. The number of carbonyl (C=O) groups excluding carboxylic acids is 1. The summed E-state index contributed by atoms with van der Waals surface area (Å²) in [5.41, 5.74) is 1.57. The van der Waals surface area contributed by atoms with Crippen molar-refractivity contribution < 1.29 is 41.0 Å². The van der Waals surface area contributed by atoms with Gasteiger partial charge in [-0.2, -0.15) is 22.0 Å². The van der Waals surface area contributed by atoms with Crippen LogP contribution in [0.4, 0.5) is 26.3 Å². The van der Waals surface area contributed by atoms with E-state index >= 15 is 0 Å². The molecule has 0 spiro atoms. The summed E-state index contributed by atoms with van der Waals surface area (Å²) >= 11 is 0. The van der Waals surface area contributed by atoms with Crippen LogP contribution in [0.15, 0.2) is 18.2 Å². The Kier molecular flexibility index (Phi) is 5.75. The van der Waals surface area contributed by atoms with Crippen molar-refractivity contribution in [3.8, 4) is 0 Å². The zero-order valence-corrected chi connectivity index (χ0v) is 14.4. The number of nitrogens with two attached hydrogens (primary N) is 1. The van der Waals surface area contributed by atoms with E-state index in [1.807, 2.05) is 0 Å². The number of alkyl halides is 5. The number of rotatable bonds is 4. The molecule has 2 atom stereocenters. The Morgan fingerprint density at radius 1 is 1.15 bits per heavy atom. The second-order valence-electron chi connectivity index (χ2n) is 6.85. The molecule has 0 aliphatic heterocycles. The third-order valence-corrected chi connectivity index (χ3v) is 3.77. The van der Waals surface area contributed by atoms with Gasteiger partial charge in [-0.25, -0.2) is 9.18 Å². The van der Waals surface area contributed by atoms with E-state index < -0.39 is 46.7 Å². The standard InChI is InChI=1S/C16H19F6NO3/c1-8(23)9-6-5-7-10(11(9)17)14(18,19)16(25,13(2,3)4)26-12(24)15(20,21)22/h5-8,25H,23H2,1-4H3/t8-,16?/m1/s1. The Hall–Kier alpha value is -1.81. The van der Waals surface area contributed by atoms with Crippen molar-refractivity contribution in [1.29, 1.82) is 0 Å². The van der Waals surface area contributed by atoms with Crippen LogP contribution < -0.4 is 5.73 Å². The molecule has 0 aromatic heterocycles. The molecule has 0 saturated heterocycles. The zero-order valence-electron chi connectivity index (χ0n) is 14.4. The van der Waals surface area contributed by atoms with Crippen molar-refractivity contribution in [2.75, 3.05) is 0 Å². The third-order valence-electron chi connectivity index (χ3n) is 3.77. The summed E-state index contributed by atoms with van der Waals surface area (Å²) < 4.78 is 85.7. The van der Waals surface area contributed by atoms with E-state index in [0.717, 1.165) is 32.9 Å². The molecule has 1 rings (SSSR count). The Morgan fingerprint density at radius 2 is 1.65 bits per heavy atom. The fourth-order valence-electron chi connectivity index (χ4n) is 2.21. The molecular weight excluding hydrogens is 368 g/mol. The average molecular weight is 387 g/mol. The minimum Gasteiger partial charge on any atom is -0.419 e. The van der Waals surface area contributed by atoms with Gasteiger partial charge in [0.2, 0.25) is 0 Å². The van der Waals surface area contributed by atoms with Gasteiger partial charge in [-0.1, -0.05) is 32.9 Å². The predicted molar refractivity (Wildman–Crippen MR) is 79.4 cm³/mol. The van der Waals surface area contributed by atoms with Gasteiger partial charge in [-0.15, -0.1) is 0 Å². The minimum absolute atomic E-state index is 0.347. The number of benzene rings is 1. The predicted octanol–water partition coefficient (Wildman–Crippen LogP) is 3.78. The third kappa shape index (κ3) is 3.80. The highest BCUT2D eigenvalue weighted by atomic mass is 19.4. The second kappa shape index (κ2) is 6.73. The first-order valence-electron chi connectivity index (χ1n) is 7.41. The van der Waals surface area contributed by atoms with Gasteiger partial charge in [0.05, 0.1) is 5.56 Å². The molecule has 4 nitrogen and oxygen atoms in total. The number of hydrogen-bond acceptors (Lipinski definition) is 4. The largest absolute Gasteiger partial charge is 0.491 e. The lowest BCUT2D eigenvalue weighted by Gasteiger charge is -2.44. The van der Waals surface area contributed by atoms with Crippen LogP contribution in [0, 0.1) is 11.2 Å². The van der Waals surface area contributed by atoms with Gasteiger partial charge in [-0.05, 0) is 13.0 Å². The molecule has 1 unspecified atom stereocenters. The summed E-state index contributed by atoms with van der Waals surface area (Å²) in [4.78, 5) is 11.1. The van der Waals surface area contributed by atoms with Gasteiger partial charge >= 0.3 is 18.1 Å². The van der Waals surface area contributed by atoms with Crippen LogP contribution in [0.5, 0.6) is 0 Å². The second-order valence-corrected chi connectivity index (χ2v) is 6.85. The van der Waals surface area contributed by atoms with Crippen LogP contribution in [0.2, 0.25) is 0 Å². The summed E-state index contributed by atoms with van der Waals surface area (Å²) in [7, 11) is 0. The number of carbonyl (C=O) groups is 1. The maximum Gasteiger partial charge on any atom is 0.491 e. The van der Waals surface area contributed by atoms with Gasteiger partial charge in [0.15, 0.2) is 0 Å². The van der Waals surface area contributed by atoms with Crippen LogP contribution in [0.3, 0.4) is 0 Å². The van der Waals surface area contributed by atoms with E-state index in [-0.39, 0.29) is 5.56 Å². The van der Waals surface area contributed by atoms with Crippen molar-refractivity contribution in [2.45, 2.75) is 51.6 Å². The molecule has 148 valence electrons. The molecule has 3 N–H and O–H groups in total. The van der Waals surface area contributed by atoms with Gasteiger partial charge in [0, 0.05) is 17.0 Å². The minimum atomic E-state index is -5.64. The van der Waals surface area contributed by atoms with E-state index in [0.29, 0.717) is 6.07 Å². The normalized spacial score (nSPS) is 16.8. The summed E-state index contributed by atoms with van der Waals surface area (Å²) in [6.07, 6.45) is -5.64. The molecule has 1 aromatic rings. The topological polar surface area (TPSA) is 72.6 Å². The fourth-order valence-corrected chi connectivity index (χ4v) is 2.21. The molecular formula is C16H19F6NO3. The monoisotopic (exact) mass is 387 g/mol. The van der Waals surface area contributed by atoms with E-state index in [4.69, 9.17) is 5.73 Å². The maximum atomic E-state index is 15.0. The number of hydrogen-bond donors (Lipinski definition) is 2. The number of esters is 1. The average Bonchev–Trinajstić information content (AvgIpc) is 2.44. The number of ether oxygens (including phenoxy) is 1. The maximum absolute atomic E-state index is 15.0. The molecule has 0 amide bonds. The summed E-state index contributed by atoms with van der Waals surface area (Å²) in [6.45, 7) is 4.05. The lowest BCUT2D eigenvalue weighted by atomic mass is 9.78. The SMILES string of the molecule is C[C@@H](N)c1cccc(C(F)(F)C(O)(OC(=O)C(F)(F)F)C(C)(C)C)c1F. The number of halogens is 6. The smallest absolute Gasteiger partial charge is 0.419 e. The first-order chi connectivity index (χ1) is 11.5. The van der Waals surface area contributed by atoms with Crippen LogP contribution in [-0.2, 0) is 15.5 Å². The van der Waals surface area contributed by atoms with Crippen molar-refractivity contribution in [3.63, 3.8) is 0 Å². The summed E-state index contributed by atoms with van der Waals surface area (Å²) in [6, 6.07) is 1.67. The Morgan fingerprint density at radius 3 is 2.04 bits per heavy atom. The molecule has 0 radical (unpaired) electrons. The highest BCUT2D eigenvalue weighted by Gasteiger charge is 2.66. The quantitative estimate of drug-likeness (QED) is 0.469. The lowest BCUT2D eigenvalue weighted by molar-refractivity contribution is -0.360. The highest BCUT2D eigenvalue weighted by molar-refractivity contribution is 5.76. The number of aliphatic hydroxyl groups is 1. The molecule has 26 heavy (non-hydrogen) atoms. The molecule has 0 aliphatic rings. The van der Waals surface area contributed by atoms with Gasteiger partial charge in [0.25, 0.3) is 5.79 Å². The van der Waals surface area contributed by atoms with Crippen molar-refractivity contribution in [2.24, 2.45) is 11.1 Å². The van der Waals surface area contributed by atoms with Crippen molar-refractivity contribution in [3.05, 3.63) is 35.1 Å². The zero-order chi connectivity index (χ0) is 20.7. The van der Waals surface area contributed by atoms with E-state index in [2.05, 4.69) is 4.74 Å². The Labute approximate surface area is 145 Å². The van der Waals surface area contributed by atoms with Gasteiger partial charge < -0.3 is 15.6 Å². The lowest BCUT2D eigenvalue weighted by Crippen LogP contribution is -2.59. The first-order valence-corrected chi connectivity index (χ1v) is 7.41. The Bertz CT molecular complexity index is 682. The van der Waals surface area contributed by atoms with Gasteiger partial charge in [-0.3, -0.25) is 0 Å². The van der Waals surface area contributed by atoms with Gasteiger partial charge in [0.1, 0.15) is 5.82 Å². The molecule has 0 aliphatic carbocycles. The Balaban J connectivity index is 3.61. The van der Waals surface area contributed by atoms with E-state index in [9.17, 15) is 36.2 Å². The summed E-state index contributed by atoms with van der Waals surface area (Å²) in [5.74, 6) is -13.3. The van der Waals surface area contributed by atoms with Crippen molar-refractivity contribution >= 4 is 5.97 Å². The summed E-state index contributed by atoms with van der Waals surface area (Å²) in [5, 5.41) is 10.3. The first kappa shape index (κ1) is 22.2. The van der Waals surface area contributed by atoms with Crippen LogP contribution >= 0.6 is 0 Å². The van der Waals surface area contributed by atoms with Crippen LogP contribution in [-0.4, -0.2) is 23.0 Å². The molecule has 0 heterocycles. The van der Waals surface area contributed by atoms with E-state index in [1.54, 1.807) is 0 Å². The highest BCUT2D eigenvalue weighted by Crippen LogP contribution is 2.51. The van der Waals surface area contributed by atoms with E-state index in [1.165, 1.54) is 6.92 Å².